The second-order valence-corrected chi connectivity index (χ2v) is 13.8. The first-order chi connectivity index (χ1) is 17.0. The molecule has 2 bridgehead atoms. The van der Waals surface area contributed by atoms with Crippen LogP contribution in [0.5, 0.6) is 0 Å². The molecule has 3 saturated carbocycles. The van der Waals surface area contributed by atoms with Gasteiger partial charge in [-0.1, -0.05) is 36.8 Å². The number of hydrogen-bond donors (Lipinski definition) is 0. The molecule has 8 heteroatoms. The summed E-state index contributed by atoms with van der Waals surface area (Å²) < 4.78 is 41.6. The van der Waals surface area contributed by atoms with Gasteiger partial charge in [0.05, 0.1) is 15.7 Å². The van der Waals surface area contributed by atoms with Crippen molar-refractivity contribution in [3.05, 3.63) is 42.0 Å². The number of methoxy groups -OCH3 is 2. The van der Waals surface area contributed by atoms with Crippen LogP contribution in [-0.2, 0) is 29.1 Å². The summed E-state index contributed by atoms with van der Waals surface area (Å²) in [6.45, 7) is 4.33. The summed E-state index contributed by atoms with van der Waals surface area (Å²) >= 11 is 0. The molecule has 1 aliphatic heterocycles. The van der Waals surface area contributed by atoms with Crippen molar-refractivity contribution >= 4 is 21.6 Å². The number of carbonyl (C=O) groups is 2. The van der Waals surface area contributed by atoms with Gasteiger partial charge in [0, 0.05) is 39.1 Å². The quantitative estimate of drug-likeness (QED) is 0.451. The number of Topliss-reactive ketones (excluding diaryl/α,β-unsaturated/α-hetero) is 2. The van der Waals surface area contributed by atoms with Gasteiger partial charge in [-0.2, -0.15) is 4.31 Å². The molecule has 2 spiro atoms. The highest BCUT2D eigenvalue weighted by Crippen LogP contribution is 2.71. The predicted molar refractivity (Wildman–Crippen MR) is 132 cm³/mol. The zero-order valence-corrected chi connectivity index (χ0v) is 22.3. The minimum Gasteiger partial charge on any atom is -0.347 e. The van der Waals surface area contributed by atoms with Crippen molar-refractivity contribution in [2.24, 2.45) is 28.1 Å². The van der Waals surface area contributed by atoms with Crippen LogP contribution < -0.4 is 0 Å². The number of rotatable bonds is 4. The lowest BCUT2D eigenvalue weighted by Gasteiger charge is -2.63. The van der Waals surface area contributed by atoms with Gasteiger partial charge in [-0.25, -0.2) is 8.42 Å². The van der Waals surface area contributed by atoms with Crippen LogP contribution in [-0.4, -0.2) is 56.9 Å². The van der Waals surface area contributed by atoms with Crippen LogP contribution in [0.25, 0.3) is 0 Å². The topological polar surface area (TPSA) is 90.0 Å². The van der Waals surface area contributed by atoms with Crippen LogP contribution in [0.15, 0.2) is 41.3 Å². The minimum atomic E-state index is -3.90. The number of carbonyl (C=O) groups excluding carboxylic acids is 2. The van der Waals surface area contributed by atoms with Gasteiger partial charge in [0.2, 0.25) is 21.6 Å². The Balaban J connectivity index is 1.54. The van der Waals surface area contributed by atoms with E-state index in [0.29, 0.717) is 32.2 Å². The molecular formula is C28H35NO6S. The summed E-state index contributed by atoms with van der Waals surface area (Å²) in [4.78, 5) is 28.3. The molecule has 1 aromatic carbocycles. The molecule has 7 nitrogen and oxygen atoms in total. The number of aryl methyl sites for hydroxylation is 1. The standard InChI is InChI=1S/C28H35NO6S/c1-18-7-9-20(10-8-18)36(32,33)29-17-25(2)12-5-6-22(30)27(25)15-14-26-13-11-19(16-21(26)23(27)29)28(34-3,35-4)24(26)31/h7-11,13,19,21,23H,5-6,12,14-17H2,1-4H3/t19-,21-,23-,25+,26-,27-/m1/s1. The molecule has 6 atom stereocenters. The molecule has 0 radical (unpaired) electrons. The summed E-state index contributed by atoms with van der Waals surface area (Å²) in [5.41, 5.74) is -1.18. The number of ketones is 2. The molecule has 7 rings (SSSR count). The van der Waals surface area contributed by atoms with Crippen molar-refractivity contribution in [1.82, 2.24) is 4.31 Å². The van der Waals surface area contributed by atoms with Gasteiger partial charge in [-0.3, -0.25) is 9.59 Å². The van der Waals surface area contributed by atoms with E-state index in [1.54, 1.807) is 28.6 Å². The maximum atomic E-state index is 14.3. The van der Waals surface area contributed by atoms with Crippen molar-refractivity contribution in [3.8, 4) is 0 Å². The molecular weight excluding hydrogens is 478 g/mol. The predicted octanol–water partition coefficient (Wildman–Crippen LogP) is 3.66. The Morgan fingerprint density at radius 3 is 2.39 bits per heavy atom. The van der Waals surface area contributed by atoms with E-state index in [2.05, 4.69) is 6.92 Å². The summed E-state index contributed by atoms with van der Waals surface area (Å²) in [5.74, 6) is -1.98. The highest BCUT2D eigenvalue weighted by molar-refractivity contribution is 7.89. The second-order valence-electron chi connectivity index (χ2n) is 11.9. The van der Waals surface area contributed by atoms with E-state index in [1.807, 2.05) is 19.1 Å². The third-order valence-corrected chi connectivity index (χ3v) is 12.4. The Morgan fingerprint density at radius 1 is 1.03 bits per heavy atom. The number of sulfonamides is 1. The monoisotopic (exact) mass is 513 g/mol. The molecule has 1 saturated heterocycles. The van der Waals surface area contributed by atoms with E-state index in [9.17, 15) is 18.0 Å². The van der Waals surface area contributed by atoms with Crippen LogP contribution in [0.3, 0.4) is 0 Å². The van der Waals surface area contributed by atoms with Crippen LogP contribution in [0, 0.1) is 35.0 Å². The van der Waals surface area contributed by atoms with E-state index in [0.717, 1.165) is 18.4 Å². The molecule has 0 N–H and O–H groups in total. The highest BCUT2D eigenvalue weighted by atomic mass is 32.2. The van der Waals surface area contributed by atoms with Gasteiger partial charge in [-0.15, -0.1) is 0 Å². The maximum absolute atomic E-state index is 14.3. The fourth-order valence-corrected chi connectivity index (χ4v) is 10.7. The molecule has 0 unspecified atom stereocenters. The smallest absolute Gasteiger partial charge is 0.243 e. The summed E-state index contributed by atoms with van der Waals surface area (Å²) in [6, 6.07) is 6.35. The summed E-state index contributed by atoms with van der Waals surface area (Å²) in [6.07, 6.45) is 7.59. The Morgan fingerprint density at radius 2 is 1.72 bits per heavy atom. The minimum absolute atomic E-state index is 0.136. The van der Waals surface area contributed by atoms with Crippen molar-refractivity contribution in [2.45, 2.75) is 69.1 Å². The lowest BCUT2D eigenvalue weighted by molar-refractivity contribution is -0.255. The van der Waals surface area contributed by atoms with E-state index in [-0.39, 0.29) is 28.3 Å². The normalized spacial score (nSPS) is 41.2. The van der Waals surface area contributed by atoms with E-state index >= 15 is 0 Å². The fraction of sp³-hybridized carbons (Fsp3) is 0.643. The van der Waals surface area contributed by atoms with Gasteiger partial charge in [-0.05, 0) is 62.5 Å². The van der Waals surface area contributed by atoms with E-state index < -0.39 is 38.1 Å². The number of allylic oxidation sites excluding steroid dienone is 1. The number of hydrogen-bond acceptors (Lipinski definition) is 6. The van der Waals surface area contributed by atoms with E-state index in [1.165, 1.54) is 14.2 Å². The first-order valence-corrected chi connectivity index (χ1v) is 14.4. The number of fused-ring (bicyclic) bond motifs is 1. The van der Waals surface area contributed by atoms with Crippen LogP contribution in [0.2, 0.25) is 0 Å². The third-order valence-electron chi connectivity index (χ3n) is 10.6. The molecule has 1 heterocycles. The average molecular weight is 514 g/mol. The molecule has 36 heavy (non-hydrogen) atoms. The van der Waals surface area contributed by atoms with Crippen LogP contribution >= 0.6 is 0 Å². The zero-order chi connectivity index (χ0) is 25.7. The fourth-order valence-electron chi connectivity index (χ4n) is 8.83. The van der Waals surface area contributed by atoms with Crippen molar-refractivity contribution in [1.29, 1.82) is 0 Å². The lowest BCUT2D eigenvalue weighted by atomic mass is 9.41. The largest absolute Gasteiger partial charge is 0.347 e. The Bertz CT molecular complexity index is 1270. The Labute approximate surface area is 213 Å². The zero-order valence-electron chi connectivity index (χ0n) is 21.5. The molecule has 4 fully saturated rings. The van der Waals surface area contributed by atoms with Crippen molar-refractivity contribution in [2.75, 3.05) is 20.8 Å². The van der Waals surface area contributed by atoms with Gasteiger partial charge < -0.3 is 9.47 Å². The molecule has 5 aliphatic carbocycles. The number of ether oxygens (including phenoxy) is 2. The molecule has 0 amide bonds. The van der Waals surface area contributed by atoms with Crippen LogP contribution in [0.4, 0.5) is 0 Å². The average Bonchev–Trinajstić information content (AvgIpc) is 3.17. The first-order valence-electron chi connectivity index (χ1n) is 13.0. The molecule has 1 aromatic rings. The second kappa shape index (κ2) is 7.59. The summed E-state index contributed by atoms with van der Waals surface area (Å²) in [7, 11) is -0.901. The highest BCUT2D eigenvalue weighted by Gasteiger charge is 2.77. The van der Waals surface area contributed by atoms with Gasteiger partial charge in [0.25, 0.3) is 0 Å². The molecule has 6 aliphatic rings. The van der Waals surface area contributed by atoms with Gasteiger partial charge in [0.15, 0.2) is 0 Å². The maximum Gasteiger partial charge on any atom is 0.243 e. The first kappa shape index (κ1) is 24.5. The Kier molecular flexibility index (Phi) is 5.16. The SMILES string of the molecule is COC1(OC)C(=O)[C@@]23C=C[C@@H]1C[C@@H]2[C@H]1N(S(=O)(=O)c2ccc(C)cc2)C[C@]2(C)CCCC(=O)[C@]12CC3. The summed E-state index contributed by atoms with van der Waals surface area (Å²) in [5, 5.41) is 0. The molecule has 0 aromatic heterocycles. The lowest BCUT2D eigenvalue weighted by Crippen LogP contribution is -2.71. The van der Waals surface area contributed by atoms with Gasteiger partial charge in [0.1, 0.15) is 5.78 Å². The van der Waals surface area contributed by atoms with Gasteiger partial charge >= 0.3 is 0 Å². The third kappa shape index (κ3) is 2.66. The van der Waals surface area contributed by atoms with Crippen molar-refractivity contribution < 1.29 is 27.5 Å². The molecule has 194 valence electrons. The number of benzene rings is 1. The van der Waals surface area contributed by atoms with E-state index in [4.69, 9.17) is 9.47 Å². The Hall–Kier alpha value is -1.87. The van der Waals surface area contributed by atoms with Crippen molar-refractivity contribution in [3.63, 3.8) is 0 Å². The van der Waals surface area contributed by atoms with Crippen LogP contribution in [0.1, 0.15) is 51.0 Å². The number of nitrogens with zero attached hydrogens (tertiary/aromatic N) is 1.